The van der Waals surface area contributed by atoms with Gasteiger partial charge in [0.25, 0.3) is 5.56 Å². The molecule has 4 heterocycles. The molecule has 4 aromatic rings. The summed E-state index contributed by atoms with van der Waals surface area (Å²) in [6.45, 7) is 5.06. The van der Waals surface area contributed by atoms with E-state index in [-0.39, 0.29) is 23.1 Å². The first kappa shape index (κ1) is 22.9. The van der Waals surface area contributed by atoms with Gasteiger partial charge in [-0.05, 0) is 32.9 Å². The predicted octanol–water partition coefficient (Wildman–Crippen LogP) is 3.46. The van der Waals surface area contributed by atoms with E-state index in [2.05, 4.69) is 15.0 Å². The van der Waals surface area contributed by atoms with Crippen molar-refractivity contribution >= 4 is 31.4 Å². The Labute approximate surface area is 202 Å². The molecule has 0 aliphatic carbocycles. The number of nitrogens with one attached hydrogen (secondary N) is 1. The van der Waals surface area contributed by atoms with E-state index in [9.17, 15) is 13.2 Å². The minimum Gasteiger partial charge on any atom is -0.309 e. The molecule has 0 bridgehead atoms. The third-order valence-corrected chi connectivity index (χ3v) is 9.08. The van der Waals surface area contributed by atoms with E-state index < -0.39 is 9.84 Å². The summed E-state index contributed by atoms with van der Waals surface area (Å²) in [6, 6.07) is 9.77. The number of rotatable bonds is 6. The monoisotopic (exact) mass is 497 g/mol. The standard InChI is InChI=1S/C24H27N5O3S2/c1-15-19(16(2)29(27-15)18-9-10-34(31,32)14-18)11-28(3)12-21-25-23(30)22-20(13-33-24(22)26-21)17-7-5-4-6-8-17/h4-8,13,18H,9-12,14H2,1-3H3,(H,25,26,30)/t18-/m0/s1. The molecule has 0 saturated carbocycles. The lowest BCUT2D eigenvalue weighted by molar-refractivity contribution is 0.309. The molecule has 8 nitrogen and oxygen atoms in total. The van der Waals surface area contributed by atoms with Crippen LogP contribution in [-0.4, -0.2) is 51.6 Å². The Morgan fingerprint density at radius 2 is 1.97 bits per heavy atom. The maximum Gasteiger partial charge on any atom is 0.260 e. The van der Waals surface area contributed by atoms with Gasteiger partial charge in [0.2, 0.25) is 0 Å². The summed E-state index contributed by atoms with van der Waals surface area (Å²) < 4.78 is 25.7. The number of sulfone groups is 1. The second kappa shape index (κ2) is 8.75. The maximum absolute atomic E-state index is 12.9. The molecular formula is C24H27N5O3S2. The Morgan fingerprint density at radius 3 is 2.68 bits per heavy atom. The first-order valence-electron chi connectivity index (χ1n) is 11.2. The quantitative estimate of drug-likeness (QED) is 0.438. The van der Waals surface area contributed by atoms with E-state index in [1.807, 2.05) is 61.3 Å². The van der Waals surface area contributed by atoms with Gasteiger partial charge in [-0.2, -0.15) is 5.10 Å². The van der Waals surface area contributed by atoms with Crippen LogP contribution in [0.2, 0.25) is 0 Å². The Morgan fingerprint density at radius 1 is 1.21 bits per heavy atom. The number of aromatic nitrogens is 4. The molecule has 0 amide bonds. The molecule has 1 N–H and O–H groups in total. The Balaban J connectivity index is 1.36. The highest BCUT2D eigenvalue weighted by atomic mass is 32.2. The van der Waals surface area contributed by atoms with E-state index in [0.717, 1.165) is 32.9 Å². The number of hydrogen-bond donors (Lipinski definition) is 1. The van der Waals surface area contributed by atoms with Gasteiger partial charge in [-0.15, -0.1) is 11.3 Å². The molecule has 1 aliphatic rings. The van der Waals surface area contributed by atoms with Crippen LogP contribution < -0.4 is 5.56 Å². The fourth-order valence-corrected chi connectivity index (χ4v) is 7.39. The lowest BCUT2D eigenvalue weighted by Crippen LogP contribution is -2.22. The van der Waals surface area contributed by atoms with Crippen LogP contribution >= 0.6 is 11.3 Å². The summed E-state index contributed by atoms with van der Waals surface area (Å²) >= 11 is 1.48. The second-order valence-corrected chi connectivity index (χ2v) is 12.1. The molecule has 0 radical (unpaired) electrons. The van der Waals surface area contributed by atoms with Crippen molar-refractivity contribution in [2.45, 2.75) is 39.4 Å². The van der Waals surface area contributed by atoms with Crippen LogP contribution in [0.1, 0.15) is 35.2 Å². The molecule has 0 spiro atoms. The van der Waals surface area contributed by atoms with E-state index in [1.54, 1.807) is 0 Å². The Hall–Kier alpha value is -2.82. The topological polar surface area (TPSA) is 101 Å². The zero-order chi connectivity index (χ0) is 24.0. The highest BCUT2D eigenvalue weighted by molar-refractivity contribution is 7.91. The smallest absolute Gasteiger partial charge is 0.260 e. The van der Waals surface area contributed by atoms with Crippen molar-refractivity contribution in [1.29, 1.82) is 0 Å². The summed E-state index contributed by atoms with van der Waals surface area (Å²) in [5.41, 5.74) is 4.75. The average molecular weight is 498 g/mol. The van der Waals surface area contributed by atoms with E-state index in [4.69, 9.17) is 4.98 Å². The van der Waals surface area contributed by atoms with Crippen molar-refractivity contribution in [3.63, 3.8) is 0 Å². The molecule has 34 heavy (non-hydrogen) atoms. The van der Waals surface area contributed by atoms with E-state index >= 15 is 0 Å². The van der Waals surface area contributed by atoms with Crippen molar-refractivity contribution in [2.24, 2.45) is 0 Å². The van der Waals surface area contributed by atoms with Crippen molar-refractivity contribution in [3.05, 3.63) is 68.8 Å². The van der Waals surface area contributed by atoms with Crippen LogP contribution in [0.3, 0.4) is 0 Å². The van der Waals surface area contributed by atoms with Crippen LogP contribution in [0, 0.1) is 13.8 Å². The molecule has 1 aliphatic heterocycles. The SMILES string of the molecule is Cc1nn([C@H]2CCS(=O)(=O)C2)c(C)c1CN(C)Cc1nc2scc(-c3ccccc3)c2c(=O)[nH]1. The van der Waals surface area contributed by atoms with Gasteiger partial charge in [0, 0.05) is 28.7 Å². The zero-order valence-corrected chi connectivity index (χ0v) is 21.0. The molecule has 1 fully saturated rings. The van der Waals surface area contributed by atoms with Crippen LogP contribution in [-0.2, 0) is 22.9 Å². The zero-order valence-electron chi connectivity index (χ0n) is 19.4. The van der Waals surface area contributed by atoms with Gasteiger partial charge >= 0.3 is 0 Å². The van der Waals surface area contributed by atoms with Crippen molar-refractivity contribution in [3.8, 4) is 11.1 Å². The lowest BCUT2D eigenvalue weighted by Gasteiger charge is -2.17. The molecule has 10 heteroatoms. The fourth-order valence-electron chi connectivity index (χ4n) is 4.73. The van der Waals surface area contributed by atoms with Crippen LogP contribution in [0.5, 0.6) is 0 Å². The number of fused-ring (bicyclic) bond motifs is 1. The molecule has 1 atom stereocenters. The van der Waals surface area contributed by atoms with Crippen molar-refractivity contribution in [1.82, 2.24) is 24.6 Å². The first-order valence-corrected chi connectivity index (χ1v) is 13.9. The molecule has 1 aromatic carbocycles. The van der Waals surface area contributed by atoms with Gasteiger partial charge in [-0.25, -0.2) is 13.4 Å². The molecule has 178 valence electrons. The van der Waals surface area contributed by atoms with Crippen LogP contribution in [0.15, 0.2) is 40.5 Å². The van der Waals surface area contributed by atoms with Gasteiger partial charge in [-0.3, -0.25) is 14.4 Å². The summed E-state index contributed by atoms with van der Waals surface area (Å²) in [5.74, 6) is 0.994. The highest BCUT2D eigenvalue weighted by Crippen LogP contribution is 2.31. The minimum atomic E-state index is -2.98. The largest absolute Gasteiger partial charge is 0.309 e. The Bertz CT molecular complexity index is 1520. The van der Waals surface area contributed by atoms with Crippen LogP contribution in [0.25, 0.3) is 21.3 Å². The third-order valence-electron chi connectivity index (χ3n) is 6.45. The Kier molecular flexibility index (Phi) is 5.91. The van der Waals surface area contributed by atoms with Crippen molar-refractivity contribution in [2.75, 3.05) is 18.6 Å². The number of aromatic amines is 1. The molecule has 5 rings (SSSR count). The molecule has 1 saturated heterocycles. The maximum atomic E-state index is 12.9. The number of nitrogens with zero attached hydrogens (tertiary/aromatic N) is 4. The second-order valence-electron chi connectivity index (χ2n) is 9.03. The normalized spacial score (nSPS) is 17.7. The number of aryl methyl sites for hydroxylation is 1. The fraction of sp³-hybridized carbons (Fsp3) is 0.375. The van der Waals surface area contributed by atoms with Gasteiger partial charge < -0.3 is 4.98 Å². The number of hydrogen-bond acceptors (Lipinski definition) is 7. The van der Waals surface area contributed by atoms with Gasteiger partial charge in [0.15, 0.2) is 9.84 Å². The van der Waals surface area contributed by atoms with E-state index in [1.165, 1.54) is 11.3 Å². The first-order chi connectivity index (χ1) is 16.2. The highest BCUT2D eigenvalue weighted by Gasteiger charge is 2.31. The number of H-pyrrole nitrogens is 1. The van der Waals surface area contributed by atoms with Gasteiger partial charge in [0.05, 0.1) is 35.2 Å². The molecular weight excluding hydrogens is 470 g/mol. The van der Waals surface area contributed by atoms with Crippen molar-refractivity contribution < 1.29 is 8.42 Å². The third kappa shape index (κ3) is 4.33. The molecule has 3 aromatic heterocycles. The predicted molar refractivity (Wildman–Crippen MR) is 135 cm³/mol. The summed E-state index contributed by atoms with van der Waals surface area (Å²) in [5, 5.41) is 7.27. The van der Waals surface area contributed by atoms with Gasteiger partial charge in [0.1, 0.15) is 10.7 Å². The summed E-state index contributed by atoms with van der Waals surface area (Å²) in [4.78, 5) is 23.4. The number of thiophene rings is 1. The minimum absolute atomic E-state index is 0.0965. The average Bonchev–Trinajstić information content (AvgIpc) is 3.46. The lowest BCUT2D eigenvalue weighted by atomic mass is 10.1. The summed E-state index contributed by atoms with van der Waals surface area (Å²) in [7, 11) is -1.00. The number of benzene rings is 1. The van der Waals surface area contributed by atoms with Gasteiger partial charge in [-0.1, -0.05) is 30.3 Å². The summed E-state index contributed by atoms with van der Waals surface area (Å²) in [6.07, 6.45) is 0.608. The van der Waals surface area contributed by atoms with Crippen LogP contribution in [0.4, 0.5) is 0 Å². The molecule has 0 unspecified atom stereocenters. The van der Waals surface area contributed by atoms with E-state index in [0.29, 0.717) is 30.7 Å².